The second-order valence-electron chi connectivity index (χ2n) is 14.9. The fraction of sp³-hybridized carbons (Fsp3) is 0.524. The fourth-order valence-corrected chi connectivity index (χ4v) is 8.62. The quantitative estimate of drug-likeness (QED) is 0.0865. The highest BCUT2D eigenvalue weighted by molar-refractivity contribution is 7.99. The van der Waals surface area contributed by atoms with E-state index in [4.69, 9.17) is 37.4 Å². The Kier molecular flexibility index (Phi) is 15.2. The Balaban J connectivity index is 1.23. The number of nitrogens with zero attached hydrogens (tertiary/aromatic N) is 1. The summed E-state index contributed by atoms with van der Waals surface area (Å²) >= 11 is 14.4. The molecule has 2 N–H and O–H groups in total. The van der Waals surface area contributed by atoms with Gasteiger partial charge in [0.1, 0.15) is 19.0 Å². The average Bonchev–Trinajstić information content (AvgIpc) is 3.97. The average molecular weight is 786 g/mol. The maximum absolute atomic E-state index is 14.5. The van der Waals surface area contributed by atoms with Crippen molar-refractivity contribution in [1.29, 1.82) is 0 Å². The van der Waals surface area contributed by atoms with Crippen LogP contribution in [0.3, 0.4) is 0 Å². The summed E-state index contributed by atoms with van der Waals surface area (Å²) in [5.41, 5.74) is 3.77. The normalized spacial score (nSPS) is 17.4. The number of carboxylic acids is 1. The third-order valence-electron chi connectivity index (χ3n) is 10.1. The van der Waals surface area contributed by atoms with Crippen LogP contribution in [0.15, 0.2) is 59.5 Å². The molecule has 11 heteroatoms. The third kappa shape index (κ3) is 12.0. The van der Waals surface area contributed by atoms with Gasteiger partial charge in [0.25, 0.3) is 0 Å². The molecule has 5 rings (SSSR count). The van der Waals surface area contributed by atoms with Crippen molar-refractivity contribution in [2.75, 3.05) is 45.8 Å². The van der Waals surface area contributed by atoms with Crippen LogP contribution in [0.1, 0.15) is 80.5 Å². The van der Waals surface area contributed by atoms with Gasteiger partial charge in [-0.15, -0.1) is 11.8 Å². The molecule has 0 radical (unpaired) electrons. The molecule has 53 heavy (non-hydrogen) atoms. The van der Waals surface area contributed by atoms with E-state index in [2.05, 4.69) is 40.5 Å². The molecule has 1 saturated heterocycles. The van der Waals surface area contributed by atoms with Crippen molar-refractivity contribution in [3.63, 3.8) is 0 Å². The van der Waals surface area contributed by atoms with Gasteiger partial charge in [-0.1, -0.05) is 41.4 Å². The van der Waals surface area contributed by atoms with E-state index >= 15 is 0 Å². The van der Waals surface area contributed by atoms with E-state index in [-0.39, 0.29) is 23.8 Å². The van der Waals surface area contributed by atoms with Gasteiger partial charge in [-0.05, 0) is 143 Å². The van der Waals surface area contributed by atoms with E-state index in [1.807, 2.05) is 31.2 Å². The molecule has 288 valence electrons. The lowest BCUT2D eigenvalue weighted by Gasteiger charge is -2.36. The molecule has 0 bridgehead atoms. The lowest BCUT2D eigenvalue weighted by Crippen LogP contribution is -2.47. The van der Waals surface area contributed by atoms with E-state index in [0.29, 0.717) is 55.1 Å². The summed E-state index contributed by atoms with van der Waals surface area (Å²) in [5.74, 6) is 1.44. The van der Waals surface area contributed by atoms with Gasteiger partial charge in [0.15, 0.2) is 5.75 Å². The predicted molar refractivity (Wildman–Crippen MR) is 214 cm³/mol. The summed E-state index contributed by atoms with van der Waals surface area (Å²) in [6.45, 7) is 8.93. The van der Waals surface area contributed by atoms with Crippen molar-refractivity contribution in [2.45, 2.75) is 89.1 Å². The number of carboxylic acid groups (broad SMARTS) is 1. The van der Waals surface area contributed by atoms with Crippen molar-refractivity contribution in [2.24, 2.45) is 11.3 Å². The monoisotopic (exact) mass is 784 g/mol. The first-order valence-electron chi connectivity index (χ1n) is 18.8. The predicted octanol–water partition coefficient (Wildman–Crippen LogP) is 9.21. The van der Waals surface area contributed by atoms with Gasteiger partial charge in [0.05, 0.1) is 21.4 Å². The second kappa shape index (κ2) is 19.6. The van der Waals surface area contributed by atoms with Crippen LogP contribution in [0.25, 0.3) is 0 Å². The molecule has 1 amide bonds. The molecule has 0 unspecified atom stereocenters. The maximum Gasteiger partial charge on any atom is 0.309 e. The lowest BCUT2D eigenvalue weighted by atomic mass is 9.80. The molecule has 2 atom stereocenters. The van der Waals surface area contributed by atoms with Gasteiger partial charge < -0.3 is 29.5 Å². The summed E-state index contributed by atoms with van der Waals surface area (Å²) in [6.07, 6.45) is 6.21. The number of piperidine rings is 1. The molecule has 1 aliphatic carbocycles. The van der Waals surface area contributed by atoms with E-state index in [9.17, 15) is 14.7 Å². The topological polar surface area (TPSA) is 97.3 Å². The second-order valence-corrected chi connectivity index (χ2v) is 16.9. The summed E-state index contributed by atoms with van der Waals surface area (Å²) in [7, 11) is 1.73. The zero-order valence-corrected chi connectivity index (χ0v) is 33.8. The molecule has 2 aliphatic rings. The van der Waals surface area contributed by atoms with Crippen molar-refractivity contribution < 1.29 is 28.9 Å². The number of hydrogen-bond donors (Lipinski definition) is 2. The largest absolute Gasteiger partial charge is 0.490 e. The molecule has 1 aliphatic heterocycles. The molecular formula is C42H54Cl2N2O6S. The number of carbonyl (C=O) groups excluding carboxylic acids is 1. The molecule has 0 spiro atoms. The van der Waals surface area contributed by atoms with Crippen molar-refractivity contribution in [3.8, 4) is 11.5 Å². The first kappa shape index (κ1) is 41.2. The minimum atomic E-state index is -0.760. The summed E-state index contributed by atoms with van der Waals surface area (Å²) in [4.78, 5) is 29.4. The number of benzene rings is 3. The molecule has 3 aromatic rings. The van der Waals surface area contributed by atoms with Crippen LogP contribution >= 0.6 is 35.0 Å². The molecule has 3 aromatic carbocycles. The van der Waals surface area contributed by atoms with Gasteiger partial charge in [-0.25, -0.2) is 0 Å². The first-order valence-corrected chi connectivity index (χ1v) is 20.5. The minimum absolute atomic E-state index is 0.106. The molecule has 0 aromatic heterocycles. The Hall–Kier alpha value is -2.95. The van der Waals surface area contributed by atoms with Gasteiger partial charge in [0, 0.05) is 37.7 Å². The number of hydrogen-bond acceptors (Lipinski definition) is 7. The maximum atomic E-state index is 14.5. The number of aliphatic carboxylic acids is 1. The number of methoxy groups -OCH3 is 1. The number of aryl methyl sites for hydroxylation is 2. The molecule has 1 saturated carbocycles. The zero-order valence-electron chi connectivity index (χ0n) is 31.4. The highest BCUT2D eigenvalue weighted by atomic mass is 35.5. The highest BCUT2D eigenvalue weighted by Crippen LogP contribution is 2.38. The SMILES string of the molecule is COCCCc1cc(CN(C(=O)[C@H]2CNCC[C@@H]2c2ccc(OCCOc3c(Cl)cc(C)cc3Cl)cc2)C2CC2)cc(SCCCC(C)(C)C(=O)O)c1. The van der Waals surface area contributed by atoms with Gasteiger partial charge >= 0.3 is 5.97 Å². The number of rotatable bonds is 20. The molecule has 1 heterocycles. The van der Waals surface area contributed by atoms with Crippen molar-refractivity contribution in [1.82, 2.24) is 10.2 Å². The van der Waals surface area contributed by atoms with E-state index in [0.717, 1.165) is 73.3 Å². The van der Waals surface area contributed by atoms with E-state index in [1.54, 1.807) is 32.7 Å². The van der Waals surface area contributed by atoms with Crippen molar-refractivity contribution >= 4 is 46.8 Å². The highest BCUT2D eigenvalue weighted by Gasteiger charge is 2.40. The standard InChI is InChI=1S/C42H54Cl2N2O6S/c1-28-21-37(43)39(38(44)22-28)52-19-18-51-33-12-8-31(9-13-33)35-14-16-45-26-36(35)40(47)46(32-10-11-32)27-30-23-29(7-5-17-50-4)24-34(25-30)53-20-6-15-42(2,3)41(48)49/h8-9,12-13,21-25,32,35-36,45H,5-7,10-11,14-20,26-27H2,1-4H3,(H,48,49)/t35-,36+/m1/s1. The van der Waals surface area contributed by atoms with Crippen LogP contribution in [0, 0.1) is 18.3 Å². The summed E-state index contributed by atoms with van der Waals surface area (Å²) in [5, 5.41) is 14.0. The number of thioether (sulfide) groups is 1. The zero-order chi connectivity index (χ0) is 38.0. The van der Waals surface area contributed by atoms with E-state index in [1.165, 1.54) is 10.5 Å². The van der Waals surface area contributed by atoms with Crippen LogP contribution in [0.5, 0.6) is 11.5 Å². The Morgan fingerprint density at radius 1 is 0.943 bits per heavy atom. The van der Waals surface area contributed by atoms with Gasteiger partial charge in [-0.3, -0.25) is 9.59 Å². The van der Waals surface area contributed by atoms with Crippen LogP contribution in [-0.4, -0.2) is 73.7 Å². The third-order valence-corrected chi connectivity index (χ3v) is 11.7. The molecule has 8 nitrogen and oxygen atoms in total. The van der Waals surface area contributed by atoms with Crippen molar-refractivity contribution in [3.05, 3.63) is 86.9 Å². The van der Waals surface area contributed by atoms with Crippen LogP contribution in [-0.2, 0) is 27.3 Å². The smallest absolute Gasteiger partial charge is 0.309 e. The summed E-state index contributed by atoms with van der Waals surface area (Å²) < 4.78 is 17.1. The molecule has 2 fully saturated rings. The Bertz CT molecular complexity index is 1660. The number of carbonyl (C=O) groups is 2. The Morgan fingerprint density at radius 2 is 1.64 bits per heavy atom. The van der Waals surface area contributed by atoms with Crippen LogP contribution in [0.2, 0.25) is 10.0 Å². The van der Waals surface area contributed by atoms with Gasteiger partial charge in [-0.2, -0.15) is 0 Å². The molecular weight excluding hydrogens is 731 g/mol. The first-order chi connectivity index (χ1) is 25.4. The van der Waals surface area contributed by atoms with Gasteiger partial charge in [0.2, 0.25) is 5.91 Å². The lowest BCUT2D eigenvalue weighted by molar-refractivity contribution is -0.147. The van der Waals surface area contributed by atoms with Crippen LogP contribution < -0.4 is 14.8 Å². The van der Waals surface area contributed by atoms with Crippen LogP contribution in [0.4, 0.5) is 0 Å². The summed E-state index contributed by atoms with van der Waals surface area (Å²) in [6, 6.07) is 18.7. The number of halogens is 2. The Labute approximate surface area is 329 Å². The Morgan fingerprint density at radius 3 is 2.32 bits per heavy atom. The minimum Gasteiger partial charge on any atom is -0.490 e. The number of nitrogens with one attached hydrogen (secondary N) is 1. The number of ether oxygens (including phenoxy) is 3. The number of amides is 1. The fourth-order valence-electron chi connectivity index (χ4n) is 6.92. The van der Waals surface area contributed by atoms with E-state index < -0.39 is 11.4 Å².